The molecule has 0 unspecified atom stereocenters. The molecule has 1 fully saturated rings. The highest BCUT2D eigenvalue weighted by molar-refractivity contribution is 5.79. The van der Waals surface area contributed by atoms with Crippen LogP contribution >= 0.6 is 0 Å². The summed E-state index contributed by atoms with van der Waals surface area (Å²) in [5, 5.41) is 0. The number of aromatic nitrogens is 2. The average Bonchev–Trinajstić information content (AvgIpc) is 2.74. The van der Waals surface area contributed by atoms with Gasteiger partial charge in [0.1, 0.15) is 5.82 Å². The zero-order valence-corrected chi connectivity index (χ0v) is 16.6. The quantitative estimate of drug-likeness (QED) is 0.800. The Morgan fingerprint density at radius 2 is 2.03 bits per heavy atom. The minimum absolute atomic E-state index is 0.0522. The maximum atomic E-state index is 13.8. The summed E-state index contributed by atoms with van der Waals surface area (Å²) in [6.45, 7) is 3.33. The van der Waals surface area contributed by atoms with E-state index in [0.29, 0.717) is 30.9 Å². The Morgan fingerprint density at radius 1 is 1.21 bits per heavy atom. The van der Waals surface area contributed by atoms with Gasteiger partial charge in [0.15, 0.2) is 5.82 Å². The first-order valence-corrected chi connectivity index (χ1v) is 10.2. The number of rotatable bonds is 3. The van der Waals surface area contributed by atoms with Crippen molar-refractivity contribution in [1.29, 1.82) is 0 Å². The summed E-state index contributed by atoms with van der Waals surface area (Å²) in [4.78, 5) is 37.5. The van der Waals surface area contributed by atoms with Gasteiger partial charge in [-0.25, -0.2) is 14.4 Å². The third kappa shape index (κ3) is 4.13. The van der Waals surface area contributed by atoms with Crippen molar-refractivity contribution in [2.24, 2.45) is 0 Å². The van der Waals surface area contributed by atoms with Gasteiger partial charge in [-0.2, -0.15) is 0 Å². The van der Waals surface area contributed by atoms with Gasteiger partial charge in [0.05, 0.1) is 18.2 Å². The molecule has 29 heavy (non-hydrogen) atoms. The maximum absolute atomic E-state index is 13.8. The number of carbonyl (C=O) groups is 2. The molecule has 2 aliphatic rings. The van der Waals surface area contributed by atoms with Crippen LogP contribution in [0.3, 0.4) is 0 Å². The first-order valence-electron chi connectivity index (χ1n) is 10.2. The Hall–Kier alpha value is -2.83. The summed E-state index contributed by atoms with van der Waals surface area (Å²) < 4.78 is 13.8. The summed E-state index contributed by atoms with van der Waals surface area (Å²) >= 11 is 0. The molecule has 1 atom stereocenters. The lowest BCUT2D eigenvalue weighted by Crippen LogP contribution is -2.39. The van der Waals surface area contributed by atoms with E-state index in [9.17, 15) is 14.0 Å². The molecule has 152 valence electrons. The molecule has 3 heterocycles. The second kappa shape index (κ2) is 8.27. The van der Waals surface area contributed by atoms with Gasteiger partial charge < -0.3 is 9.80 Å². The van der Waals surface area contributed by atoms with Crippen LogP contribution < -0.4 is 0 Å². The fourth-order valence-corrected chi connectivity index (χ4v) is 4.20. The first kappa shape index (κ1) is 19.5. The van der Waals surface area contributed by atoms with Crippen LogP contribution in [0.5, 0.6) is 0 Å². The lowest BCUT2D eigenvalue weighted by molar-refractivity contribution is -0.133. The van der Waals surface area contributed by atoms with Crippen molar-refractivity contribution in [3.8, 4) is 0 Å². The predicted octanol–water partition coefficient (Wildman–Crippen LogP) is 2.82. The molecule has 4 rings (SSSR count). The van der Waals surface area contributed by atoms with Crippen LogP contribution in [0, 0.1) is 5.82 Å². The van der Waals surface area contributed by atoms with Crippen molar-refractivity contribution < 1.29 is 14.0 Å². The fourth-order valence-electron chi connectivity index (χ4n) is 4.20. The largest absolute Gasteiger partial charge is 0.338 e. The van der Waals surface area contributed by atoms with Crippen LogP contribution in [0.1, 0.15) is 54.9 Å². The molecule has 0 radical (unpaired) electrons. The standard InChI is InChI=1S/C22H25FN4O2/c1-15(28)27-10-5-4-8-20(27)22-24-13-17-14-26(11-9-19(17)25-22)21(29)12-16-6-2-3-7-18(16)23/h2-3,6-7,13,20H,4-5,8-12,14H2,1H3/t20-/m0/s1. The molecule has 2 aliphatic heterocycles. The molecule has 6 nitrogen and oxygen atoms in total. The number of hydrogen-bond donors (Lipinski definition) is 0. The zero-order valence-electron chi connectivity index (χ0n) is 16.6. The Labute approximate surface area is 169 Å². The molecular formula is C22H25FN4O2. The Morgan fingerprint density at radius 3 is 2.83 bits per heavy atom. The number of halogens is 1. The first-order chi connectivity index (χ1) is 14.0. The molecule has 0 spiro atoms. The molecule has 0 bridgehead atoms. The van der Waals surface area contributed by atoms with E-state index in [1.54, 1.807) is 36.2 Å². The van der Waals surface area contributed by atoms with E-state index in [-0.39, 0.29) is 30.1 Å². The molecule has 0 aliphatic carbocycles. The van der Waals surface area contributed by atoms with Crippen molar-refractivity contribution in [2.75, 3.05) is 13.1 Å². The third-order valence-electron chi connectivity index (χ3n) is 5.81. The number of likely N-dealkylation sites (tertiary alicyclic amines) is 1. The number of fused-ring (bicyclic) bond motifs is 1. The van der Waals surface area contributed by atoms with Crippen LogP contribution in [0.25, 0.3) is 0 Å². The predicted molar refractivity (Wildman–Crippen MR) is 105 cm³/mol. The molecule has 2 amide bonds. The van der Waals surface area contributed by atoms with E-state index in [4.69, 9.17) is 4.98 Å². The van der Waals surface area contributed by atoms with Crippen molar-refractivity contribution >= 4 is 11.8 Å². The van der Waals surface area contributed by atoms with Crippen LogP contribution in [0.15, 0.2) is 30.5 Å². The number of amides is 2. The summed E-state index contributed by atoms with van der Waals surface area (Å²) in [7, 11) is 0. The fraction of sp³-hybridized carbons (Fsp3) is 0.455. The molecule has 1 aromatic carbocycles. The summed E-state index contributed by atoms with van der Waals surface area (Å²) in [6.07, 6.45) is 5.43. The minimum atomic E-state index is -0.353. The van der Waals surface area contributed by atoms with Gasteiger partial charge in [-0.3, -0.25) is 9.59 Å². The molecule has 1 saturated heterocycles. The Bertz CT molecular complexity index is 933. The van der Waals surface area contributed by atoms with E-state index in [2.05, 4.69) is 4.98 Å². The van der Waals surface area contributed by atoms with Gasteiger partial charge in [0, 0.05) is 44.7 Å². The zero-order chi connectivity index (χ0) is 20.4. The second-order valence-corrected chi connectivity index (χ2v) is 7.76. The van der Waals surface area contributed by atoms with Gasteiger partial charge in [0.25, 0.3) is 0 Å². The molecular weight excluding hydrogens is 371 g/mol. The molecule has 0 saturated carbocycles. The van der Waals surface area contributed by atoms with Crippen molar-refractivity contribution in [3.05, 3.63) is 58.9 Å². The number of nitrogens with zero attached hydrogens (tertiary/aromatic N) is 4. The monoisotopic (exact) mass is 396 g/mol. The van der Waals surface area contributed by atoms with E-state index >= 15 is 0 Å². The molecule has 1 aromatic heterocycles. The smallest absolute Gasteiger partial charge is 0.227 e. The molecule has 7 heteroatoms. The van der Waals surface area contributed by atoms with Crippen molar-refractivity contribution in [2.45, 2.75) is 51.6 Å². The highest BCUT2D eigenvalue weighted by atomic mass is 19.1. The van der Waals surface area contributed by atoms with Crippen molar-refractivity contribution in [1.82, 2.24) is 19.8 Å². The normalized spacial score (nSPS) is 19.0. The Balaban J connectivity index is 1.47. The summed E-state index contributed by atoms with van der Waals surface area (Å²) in [5.74, 6) is 0.305. The van der Waals surface area contributed by atoms with Gasteiger partial charge in [-0.05, 0) is 30.9 Å². The summed E-state index contributed by atoms with van der Waals surface area (Å²) in [5.41, 5.74) is 2.28. The molecule has 0 N–H and O–H groups in total. The van der Waals surface area contributed by atoms with Gasteiger partial charge >= 0.3 is 0 Å². The summed E-state index contributed by atoms with van der Waals surface area (Å²) in [6, 6.07) is 6.31. The van der Waals surface area contributed by atoms with Gasteiger partial charge in [-0.1, -0.05) is 18.2 Å². The Kier molecular flexibility index (Phi) is 5.56. The average molecular weight is 396 g/mol. The molecule has 2 aromatic rings. The SMILES string of the molecule is CC(=O)N1CCCC[C@H]1c1ncc2c(n1)CCN(C(=O)Cc1ccccc1F)C2. The topological polar surface area (TPSA) is 66.4 Å². The van der Waals surface area contributed by atoms with E-state index in [0.717, 1.165) is 37.1 Å². The minimum Gasteiger partial charge on any atom is -0.338 e. The maximum Gasteiger partial charge on any atom is 0.227 e. The van der Waals surface area contributed by atoms with E-state index in [1.165, 1.54) is 6.07 Å². The number of benzene rings is 1. The van der Waals surface area contributed by atoms with E-state index < -0.39 is 0 Å². The highest BCUT2D eigenvalue weighted by Crippen LogP contribution is 2.30. The van der Waals surface area contributed by atoms with Crippen LogP contribution in [-0.2, 0) is 29.0 Å². The highest BCUT2D eigenvalue weighted by Gasteiger charge is 2.30. The van der Waals surface area contributed by atoms with Crippen molar-refractivity contribution in [3.63, 3.8) is 0 Å². The second-order valence-electron chi connectivity index (χ2n) is 7.76. The number of piperidine rings is 1. The van der Waals surface area contributed by atoms with Crippen LogP contribution in [-0.4, -0.2) is 44.7 Å². The van der Waals surface area contributed by atoms with E-state index in [1.807, 2.05) is 4.90 Å². The number of hydrogen-bond acceptors (Lipinski definition) is 4. The van der Waals surface area contributed by atoms with Gasteiger partial charge in [-0.15, -0.1) is 0 Å². The third-order valence-corrected chi connectivity index (χ3v) is 5.81. The van der Waals surface area contributed by atoms with Crippen LogP contribution in [0.2, 0.25) is 0 Å². The lowest BCUT2D eigenvalue weighted by Gasteiger charge is -2.35. The van der Waals surface area contributed by atoms with Crippen LogP contribution in [0.4, 0.5) is 4.39 Å². The lowest BCUT2D eigenvalue weighted by atomic mass is 10.00. The number of carbonyl (C=O) groups excluding carboxylic acids is 2. The van der Waals surface area contributed by atoms with Gasteiger partial charge in [0.2, 0.25) is 11.8 Å².